The van der Waals surface area contributed by atoms with Crippen molar-refractivity contribution in [1.29, 1.82) is 0 Å². The lowest BCUT2D eigenvalue weighted by Crippen LogP contribution is -2.19. The van der Waals surface area contributed by atoms with E-state index in [-0.39, 0.29) is 0 Å². The van der Waals surface area contributed by atoms with Gasteiger partial charge in [0.05, 0.1) is 23.4 Å². The summed E-state index contributed by atoms with van der Waals surface area (Å²) >= 11 is 0. The van der Waals surface area contributed by atoms with Crippen LogP contribution >= 0.6 is 0 Å². The Morgan fingerprint density at radius 3 is 2.19 bits per heavy atom. The Hall–Kier alpha value is -4.79. The van der Waals surface area contributed by atoms with Crippen LogP contribution in [0.3, 0.4) is 0 Å². The van der Waals surface area contributed by atoms with Gasteiger partial charge in [-0.2, -0.15) is 0 Å². The summed E-state index contributed by atoms with van der Waals surface area (Å²) in [5.41, 5.74) is 3.02. The minimum Gasteiger partial charge on any atom is -0.462 e. The van der Waals surface area contributed by atoms with Crippen LogP contribution in [0.5, 0.6) is 11.6 Å². The highest BCUT2D eigenvalue weighted by Gasteiger charge is 2.12. The maximum atomic E-state index is 12.4. The van der Waals surface area contributed by atoms with Crippen molar-refractivity contribution in [3.8, 4) is 22.9 Å². The molecule has 2 N–H and O–H groups in total. The van der Waals surface area contributed by atoms with Crippen molar-refractivity contribution in [2.24, 2.45) is 0 Å². The minimum absolute atomic E-state index is 0.301. The molecule has 2 heterocycles. The third-order valence-corrected chi connectivity index (χ3v) is 5.05. The fourth-order valence-corrected chi connectivity index (χ4v) is 3.30. The van der Waals surface area contributed by atoms with Crippen LogP contribution in [0.1, 0.15) is 30.0 Å². The molecule has 0 aliphatic carbocycles. The number of hydrogen-bond donors (Lipinski definition) is 2. The van der Waals surface area contributed by atoms with Crippen molar-refractivity contribution >= 4 is 23.4 Å². The number of pyridine rings is 1. The van der Waals surface area contributed by atoms with Gasteiger partial charge in [-0.15, -0.1) is 0 Å². The van der Waals surface area contributed by atoms with Crippen LogP contribution in [0.4, 0.5) is 16.2 Å². The van der Waals surface area contributed by atoms with Crippen molar-refractivity contribution < 1.29 is 19.1 Å². The number of anilines is 2. The van der Waals surface area contributed by atoms with E-state index in [9.17, 15) is 9.59 Å². The molecule has 0 unspecified atom stereocenters. The molecule has 0 saturated carbocycles. The highest BCUT2D eigenvalue weighted by Crippen LogP contribution is 2.30. The van der Waals surface area contributed by atoms with E-state index in [1.54, 1.807) is 67.8 Å². The number of carbonyl (C=O) groups is 2. The van der Waals surface area contributed by atoms with Crippen LogP contribution in [0.25, 0.3) is 11.3 Å². The Labute approximate surface area is 208 Å². The van der Waals surface area contributed by atoms with E-state index >= 15 is 0 Å². The zero-order chi connectivity index (χ0) is 25.3. The Morgan fingerprint density at radius 2 is 1.53 bits per heavy atom. The molecule has 0 bridgehead atoms. The first-order valence-electron chi connectivity index (χ1n) is 11.5. The standard InChI is InChI=1S/C27H25N5O4/c1-3-24-28-17-15-23(32-24)22-6-5-16-29-25(22)36-21-13-11-20(12-14-21)31-27(34)30-19-9-7-18(8-10-19)26(33)35-4-2/h5-17H,3-4H2,1-2H3,(H2,30,31,34). The lowest BCUT2D eigenvalue weighted by Gasteiger charge is -2.11. The summed E-state index contributed by atoms with van der Waals surface area (Å²) < 4.78 is 11.0. The zero-order valence-corrected chi connectivity index (χ0v) is 19.9. The number of hydrogen-bond acceptors (Lipinski definition) is 7. The summed E-state index contributed by atoms with van der Waals surface area (Å²) in [6.45, 7) is 4.04. The van der Waals surface area contributed by atoms with Crippen molar-refractivity contribution in [3.63, 3.8) is 0 Å². The monoisotopic (exact) mass is 483 g/mol. The second kappa shape index (κ2) is 11.6. The molecule has 2 aromatic carbocycles. The van der Waals surface area contributed by atoms with E-state index in [1.807, 2.05) is 25.1 Å². The summed E-state index contributed by atoms with van der Waals surface area (Å²) in [4.78, 5) is 37.3. The van der Waals surface area contributed by atoms with E-state index in [4.69, 9.17) is 9.47 Å². The quantitative estimate of drug-likeness (QED) is 0.308. The van der Waals surface area contributed by atoms with E-state index in [0.29, 0.717) is 35.2 Å². The molecule has 0 spiro atoms. The first kappa shape index (κ1) is 24.3. The predicted octanol–water partition coefficient (Wildman–Crippen LogP) is 5.71. The number of benzene rings is 2. The Morgan fingerprint density at radius 1 is 0.833 bits per heavy atom. The molecule has 2 amide bonds. The Balaban J connectivity index is 1.38. The van der Waals surface area contributed by atoms with Crippen LogP contribution in [0.2, 0.25) is 0 Å². The number of nitrogens with zero attached hydrogens (tertiary/aromatic N) is 3. The maximum Gasteiger partial charge on any atom is 0.338 e. The molecular weight excluding hydrogens is 458 g/mol. The lowest BCUT2D eigenvalue weighted by molar-refractivity contribution is 0.0526. The van der Waals surface area contributed by atoms with Crippen LogP contribution in [0, 0.1) is 0 Å². The predicted molar refractivity (Wildman–Crippen MR) is 136 cm³/mol. The molecule has 2 aromatic heterocycles. The second-order valence-electron chi connectivity index (χ2n) is 7.57. The molecule has 0 atom stereocenters. The van der Waals surface area contributed by atoms with Gasteiger partial charge in [-0.3, -0.25) is 0 Å². The van der Waals surface area contributed by atoms with Gasteiger partial charge < -0.3 is 20.1 Å². The fourth-order valence-electron chi connectivity index (χ4n) is 3.30. The molecular formula is C27H25N5O4. The number of nitrogens with one attached hydrogen (secondary N) is 2. The molecule has 9 heteroatoms. The molecule has 4 aromatic rings. The van der Waals surface area contributed by atoms with Crippen LogP contribution in [0.15, 0.2) is 79.1 Å². The fraction of sp³-hybridized carbons (Fsp3) is 0.148. The molecule has 0 radical (unpaired) electrons. The van der Waals surface area contributed by atoms with E-state index < -0.39 is 12.0 Å². The average Bonchev–Trinajstić information content (AvgIpc) is 2.90. The van der Waals surface area contributed by atoms with Gasteiger partial charge in [-0.1, -0.05) is 6.92 Å². The van der Waals surface area contributed by atoms with Gasteiger partial charge in [0.1, 0.15) is 11.6 Å². The summed E-state index contributed by atoms with van der Waals surface area (Å²) in [5, 5.41) is 5.48. The number of urea groups is 1. The van der Waals surface area contributed by atoms with Crippen molar-refractivity contribution in [1.82, 2.24) is 15.0 Å². The smallest absolute Gasteiger partial charge is 0.338 e. The largest absolute Gasteiger partial charge is 0.462 e. The minimum atomic E-state index is -0.421. The lowest BCUT2D eigenvalue weighted by atomic mass is 10.2. The number of ether oxygens (including phenoxy) is 2. The van der Waals surface area contributed by atoms with Gasteiger partial charge in [-0.05, 0) is 73.7 Å². The molecule has 4 rings (SSSR count). The Kier molecular flexibility index (Phi) is 7.82. The number of amides is 2. The Bertz CT molecular complexity index is 1340. The van der Waals surface area contributed by atoms with Gasteiger partial charge in [-0.25, -0.2) is 24.5 Å². The third-order valence-electron chi connectivity index (χ3n) is 5.05. The molecule has 36 heavy (non-hydrogen) atoms. The van der Waals surface area contributed by atoms with Gasteiger partial charge in [0.15, 0.2) is 0 Å². The van der Waals surface area contributed by atoms with Crippen molar-refractivity contribution in [3.05, 3.63) is 90.5 Å². The third kappa shape index (κ3) is 6.20. The normalized spacial score (nSPS) is 10.4. The van der Waals surface area contributed by atoms with Gasteiger partial charge >= 0.3 is 12.0 Å². The second-order valence-corrected chi connectivity index (χ2v) is 7.57. The van der Waals surface area contributed by atoms with Crippen LogP contribution in [-0.4, -0.2) is 33.6 Å². The van der Waals surface area contributed by atoms with Gasteiger partial charge in [0.25, 0.3) is 0 Å². The molecule has 0 fully saturated rings. The number of aryl methyl sites for hydroxylation is 1. The highest BCUT2D eigenvalue weighted by molar-refractivity contribution is 6.00. The molecule has 9 nitrogen and oxygen atoms in total. The van der Waals surface area contributed by atoms with Crippen molar-refractivity contribution in [2.45, 2.75) is 20.3 Å². The molecule has 182 valence electrons. The van der Waals surface area contributed by atoms with Gasteiger partial charge in [0, 0.05) is 30.2 Å². The number of aromatic nitrogens is 3. The summed E-state index contributed by atoms with van der Waals surface area (Å²) in [6.07, 6.45) is 4.10. The van der Waals surface area contributed by atoms with E-state index in [1.165, 1.54) is 0 Å². The first-order valence-corrected chi connectivity index (χ1v) is 11.5. The zero-order valence-electron chi connectivity index (χ0n) is 19.9. The summed E-state index contributed by atoms with van der Waals surface area (Å²) in [6, 6.07) is 18.5. The number of carbonyl (C=O) groups excluding carboxylic acids is 2. The van der Waals surface area contributed by atoms with E-state index in [2.05, 4.69) is 25.6 Å². The first-order chi connectivity index (χ1) is 17.6. The SMILES string of the molecule is CCOC(=O)c1ccc(NC(=O)Nc2ccc(Oc3ncccc3-c3ccnc(CC)n3)cc2)cc1. The topological polar surface area (TPSA) is 115 Å². The molecule has 0 saturated heterocycles. The summed E-state index contributed by atoms with van der Waals surface area (Å²) in [5.74, 6) is 1.31. The average molecular weight is 484 g/mol. The van der Waals surface area contributed by atoms with Crippen LogP contribution in [-0.2, 0) is 11.2 Å². The molecule has 0 aliphatic rings. The van der Waals surface area contributed by atoms with E-state index in [0.717, 1.165) is 23.5 Å². The number of rotatable bonds is 8. The van der Waals surface area contributed by atoms with Crippen LogP contribution < -0.4 is 15.4 Å². The molecule has 0 aliphatic heterocycles. The summed E-state index contributed by atoms with van der Waals surface area (Å²) in [7, 11) is 0. The number of esters is 1. The maximum absolute atomic E-state index is 12.4. The highest BCUT2D eigenvalue weighted by atomic mass is 16.5. The van der Waals surface area contributed by atoms with Crippen molar-refractivity contribution in [2.75, 3.05) is 17.2 Å². The van der Waals surface area contributed by atoms with Gasteiger partial charge in [0.2, 0.25) is 5.88 Å².